The molecule has 6 heteroatoms. The van der Waals surface area contributed by atoms with Gasteiger partial charge in [0.15, 0.2) is 0 Å². The molecule has 0 fully saturated rings. The van der Waals surface area contributed by atoms with Crippen molar-refractivity contribution < 1.29 is 23.7 Å². The molecule has 192 valence electrons. The molecule has 0 atom stereocenters. The van der Waals surface area contributed by atoms with Gasteiger partial charge >= 0.3 is 6.09 Å². The van der Waals surface area contributed by atoms with Gasteiger partial charge in [-0.2, -0.15) is 0 Å². The van der Waals surface area contributed by atoms with Gasteiger partial charge in [0.2, 0.25) is 0 Å². The van der Waals surface area contributed by atoms with Crippen molar-refractivity contribution in [2.75, 3.05) is 52.8 Å². The minimum Gasteiger partial charge on any atom is -0.449 e. The summed E-state index contributed by atoms with van der Waals surface area (Å²) in [5.41, 5.74) is 4.85. The van der Waals surface area contributed by atoms with Crippen molar-refractivity contribution in [2.24, 2.45) is 0 Å². The Hall–Kier alpha value is -2.41. The zero-order chi connectivity index (χ0) is 24.6. The van der Waals surface area contributed by atoms with Gasteiger partial charge in [0.05, 0.1) is 33.0 Å². The van der Waals surface area contributed by atoms with Crippen molar-refractivity contribution in [3.05, 3.63) is 59.7 Å². The first-order valence-corrected chi connectivity index (χ1v) is 13.1. The predicted molar refractivity (Wildman–Crippen MR) is 139 cm³/mol. The molecule has 2 aromatic carbocycles. The molecule has 0 heterocycles. The van der Waals surface area contributed by atoms with E-state index < -0.39 is 6.09 Å². The molecule has 0 saturated heterocycles. The summed E-state index contributed by atoms with van der Waals surface area (Å²) in [4.78, 5) is 12.1. The molecule has 0 radical (unpaired) electrons. The lowest BCUT2D eigenvalue weighted by atomic mass is 9.98. The topological polar surface area (TPSA) is 66.0 Å². The Bertz CT molecular complexity index is 826. The van der Waals surface area contributed by atoms with Gasteiger partial charge in [-0.1, -0.05) is 87.6 Å². The van der Waals surface area contributed by atoms with Gasteiger partial charge in [-0.25, -0.2) is 4.79 Å². The molecular formula is C29H41NO5. The maximum Gasteiger partial charge on any atom is 0.407 e. The lowest BCUT2D eigenvalue weighted by molar-refractivity contribution is 0.0143. The van der Waals surface area contributed by atoms with Crippen molar-refractivity contribution in [1.29, 1.82) is 0 Å². The quantitative estimate of drug-likeness (QED) is 0.266. The van der Waals surface area contributed by atoms with Gasteiger partial charge in [0, 0.05) is 19.1 Å². The molecule has 35 heavy (non-hydrogen) atoms. The van der Waals surface area contributed by atoms with Crippen LogP contribution in [0.1, 0.15) is 62.5 Å². The highest BCUT2D eigenvalue weighted by atomic mass is 16.6. The van der Waals surface area contributed by atoms with E-state index in [1.165, 1.54) is 54.4 Å². The van der Waals surface area contributed by atoms with Crippen molar-refractivity contribution in [3.8, 4) is 11.1 Å². The first-order valence-electron chi connectivity index (χ1n) is 13.1. The van der Waals surface area contributed by atoms with E-state index >= 15 is 0 Å². The number of unbranched alkanes of at least 4 members (excludes halogenated alkanes) is 5. The lowest BCUT2D eigenvalue weighted by Crippen LogP contribution is -2.29. The molecule has 0 bridgehead atoms. The Balaban J connectivity index is 1.16. The van der Waals surface area contributed by atoms with Crippen LogP contribution in [0.25, 0.3) is 11.1 Å². The van der Waals surface area contributed by atoms with Crippen LogP contribution < -0.4 is 5.32 Å². The predicted octanol–water partition coefficient (Wildman–Crippen LogP) is 5.94. The Labute approximate surface area is 210 Å². The maximum absolute atomic E-state index is 12.1. The van der Waals surface area contributed by atoms with Crippen LogP contribution in [0.15, 0.2) is 48.5 Å². The van der Waals surface area contributed by atoms with E-state index in [1.807, 2.05) is 24.3 Å². The standard InChI is InChI=1S/C29H41NO5/c1-2-3-4-5-6-11-17-32-19-21-34-22-20-33-18-16-30-29(31)35-23-28-26-14-9-7-12-24(26)25-13-8-10-15-27(25)28/h7-10,12-15,28H,2-6,11,16-23H2,1H3,(H,30,31). The summed E-state index contributed by atoms with van der Waals surface area (Å²) >= 11 is 0. The first-order chi connectivity index (χ1) is 17.3. The maximum atomic E-state index is 12.1. The van der Waals surface area contributed by atoms with E-state index in [0.29, 0.717) is 46.2 Å². The summed E-state index contributed by atoms with van der Waals surface area (Å²) in [5.74, 6) is 0.0660. The third-order valence-corrected chi connectivity index (χ3v) is 6.25. The summed E-state index contributed by atoms with van der Waals surface area (Å²) in [6.45, 7) is 6.39. The van der Waals surface area contributed by atoms with E-state index in [-0.39, 0.29) is 5.92 Å². The minimum atomic E-state index is -0.422. The average Bonchev–Trinajstić information content (AvgIpc) is 3.21. The van der Waals surface area contributed by atoms with E-state index in [0.717, 1.165) is 13.0 Å². The average molecular weight is 484 g/mol. The monoisotopic (exact) mass is 483 g/mol. The number of carbonyl (C=O) groups excluding carboxylic acids is 1. The SMILES string of the molecule is CCCCCCCCOCCOCCOCCNC(=O)OCC1c2ccccc2-c2ccccc21. The summed E-state index contributed by atoms with van der Waals surface area (Å²) in [6.07, 6.45) is 7.22. The number of fused-ring (bicyclic) bond motifs is 3. The molecule has 1 N–H and O–H groups in total. The molecule has 2 aromatic rings. The van der Waals surface area contributed by atoms with E-state index in [4.69, 9.17) is 18.9 Å². The minimum absolute atomic E-state index is 0.0660. The highest BCUT2D eigenvalue weighted by Gasteiger charge is 2.28. The number of nitrogens with one attached hydrogen (secondary N) is 1. The van der Waals surface area contributed by atoms with Crippen molar-refractivity contribution in [2.45, 2.75) is 51.4 Å². The third-order valence-electron chi connectivity index (χ3n) is 6.25. The van der Waals surface area contributed by atoms with Crippen molar-refractivity contribution in [3.63, 3.8) is 0 Å². The van der Waals surface area contributed by atoms with Crippen LogP contribution in [0.5, 0.6) is 0 Å². The molecule has 1 amide bonds. The summed E-state index contributed by atoms with van der Waals surface area (Å²) in [6, 6.07) is 16.6. The molecule has 0 aromatic heterocycles. The van der Waals surface area contributed by atoms with Gasteiger partial charge in [-0.3, -0.25) is 0 Å². The smallest absolute Gasteiger partial charge is 0.407 e. The van der Waals surface area contributed by atoms with Crippen LogP contribution in [0.2, 0.25) is 0 Å². The second kappa shape index (κ2) is 16.3. The van der Waals surface area contributed by atoms with Crippen LogP contribution in [-0.2, 0) is 18.9 Å². The third kappa shape index (κ3) is 9.28. The molecule has 1 aliphatic rings. The van der Waals surface area contributed by atoms with Crippen molar-refractivity contribution >= 4 is 6.09 Å². The number of hydrogen-bond donors (Lipinski definition) is 1. The van der Waals surface area contributed by atoms with E-state index in [2.05, 4.69) is 36.5 Å². The van der Waals surface area contributed by atoms with Gasteiger partial charge in [0.25, 0.3) is 0 Å². The fourth-order valence-electron chi connectivity index (χ4n) is 4.40. The Morgan fingerprint density at radius 1 is 0.714 bits per heavy atom. The number of rotatable bonds is 18. The van der Waals surface area contributed by atoms with Crippen LogP contribution in [0, 0.1) is 0 Å². The fraction of sp³-hybridized carbons (Fsp3) is 0.552. The normalized spacial score (nSPS) is 12.4. The number of amides is 1. The first kappa shape index (κ1) is 27.2. The van der Waals surface area contributed by atoms with Crippen LogP contribution in [-0.4, -0.2) is 58.9 Å². The number of alkyl carbamates (subject to hydrolysis) is 1. The van der Waals surface area contributed by atoms with Crippen molar-refractivity contribution in [1.82, 2.24) is 5.32 Å². The number of ether oxygens (including phenoxy) is 4. The van der Waals surface area contributed by atoms with Crippen LogP contribution in [0.3, 0.4) is 0 Å². The number of carbonyl (C=O) groups is 1. The second-order valence-electron chi connectivity index (χ2n) is 8.86. The molecule has 0 unspecified atom stereocenters. The van der Waals surface area contributed by atoms with Gasteiger partial charge in [0.1, 0.15) is 6.61 Å². The van der Waals surface area contributed by atoms with Gasteiger partial charge in [-0.05, 0) is 28.7 Å². The summed E-state index contributed by atoms with van der Waals surface area (Å²) in [5, 5.41) is 2.75. The Morgan fingerprint density at radius 2 is 1.26 bits per heavy atom. The van der Waals surface area contributed by atoms with Crippen LogP contribution >= 0.6 is 0 Å². The number of hydrogen-bond acceptors (Lipinski definition) is 5. The molecule has 1 aliphatic carbocycles. The second-order valence-corrected chi connectivity index (χ2v) is 8.86. The highest BCUT2D eigenvalue weighted by molar-refractivity contribution is 5.79. The fourth-order valence-corrected chi connectivity index (χ4v) is 4.40. The molecule has 0 spiro atoms. The van der Waals surface area contributed by atoms with Crippen LogP contribution in [0.4, 0.5) is 4.79 Å². The Kier molecular flexibility index (Phi) is 12.7. The molecule has 6 nitrogen and oxygen atoms in total. The molecule has 0 saturated carbocycles. The molecular weight excluding hydrogens is 442 g/mol. The van der Waals surface area contributed by atoms with Gasteiger partial charge in [-0.15, -0.1) is 0 Å². The van der Waals surface area contributed by atoms with E-state index in [9.17, 15) is 4.79 Å². The zero-order valence-corrected chi connectivity index (χ0v) is 21.1. The highest BCUT2D eigenvalue weighted by Crippen LogP contribution is 2.44. The summed E-state index contributed by atoms with van der Waals surface area (Å²) in [7, 11) is 0. The van der Waals surface area contributed by atoms with E-state index in [1.54, 1.807) is 0 Å². The number of benzene rings is 2. The Morgan fingerprint density at radius 3 is 1.91 bits per heavy atom. The van der Waals surface area contributed by atoms with Gasteiger partial charge < -0.3 is 24.3 Å². The zero-order valence-electron chi connectivity index (χ0n) is 21.1. The lowest BCUT2D eigenvalue weighted by Gasteiger charge is -2.14. The molecule has 0 aliphatic heterocycles. The largest absolute Gasteiger partial charge is 0.449 e. The molecule has 3 rings (SSSR count). The summed E-state index contributed by atoms with van der Waals surface area (Å²) < 4.78 is 22.1.